The van der Waals surface area contributed by atoms with Crippen LogP contribution in [0.15, 0.2) is 46.9 Å². The van der Waals surface area contributed by atoms with Gasteiger partial charge in [-0.15, -0.1) is 0 Å². The summed E-state index contributed by atoms with van der Waals surface area (Å²) in [6, 6.07) is 11.1. The second-order valence-electron chi connectivity index (χ2n) is 4.88. The van der Waals surface area contributed by atoms with E-state index in [1.165, 1.54) is 13.0 Å². The van der Waals surface area contributed by atoms with E-state index >= 15 is 0 Å². The lowest BCUT2D eigenvalue weighted by atomic mass is 10.1. The third kappa shape index (κ3) is 4.91. The zero-order valence-corrected chi connectivity index (χ0v) is 15.0. The number of esters is 1. The van der Waals surface area contributed by atoms with Gasteiger partial charge < -0.3 is 10.1 Å². The topological polar surface area (TPSA) is 72.5 Å². The molecule has 24 heavy (non-hydrogen) atoms. The molecular weight excluding hydrogens is 398 g/mol. The van der Waals surface area contributed by atoms with E-state index < -0.39 is 12.6 Å². The van der Waals surface area contributed by atoms with Gasteiger partial charge in [0.25, 0.3) is 0 Å². The summed E-state index contributed by atoms with van der Waals surface area (Å²) in [5.74, 6) is -1.23. The van der Waals surface area contributed by atoms with Gasteiger partial charge in [-0.1, -0.05) is 27.5 Å². The smallest absolute Gasteiger partial charge is 0.340 e. The van der Waals surface area contributed by atoms with Gasteiger partial charge in [0.2, 0.25) is 5.91 Å². The van der Waals surface area contributed by atoms with Crippen molar-refractivity contribution < 1.29 is 19.1 Å². The lowest BCUT2D eigenvalue weighted by Crippen LogP contribution is -2.15. The van der Waals surface area contributed by atoms with Gasteiger partial charge in [0, 0.05) is 22.6 Å². The second-order valence-corrected chi connectivity index (χ2v) is 6.20. The molecule has 2 aromatic rings. The maximum atomic E-state index is 12.1. The Morgan fingerprint density at radius 3 is 2.42 bits per heavy atom. The molecule has 0 saturated carbocycles. The summed E-state index contributed by atoms with van der Waals surface area (Å²) >= 11 is 9.18. The number of hydrogen-bond acceptors (Lipinski definition) is 4. The second kappa shape index (κ2) is 8.08. The zero-order chi connectivity index (χ0) is 17.7. The first-order valence-corrected chi connectivity index (χ1v) is 8.07. The third-order valence-electron chi connectivity index (χ3n) is 3.01. The standard InChI is InChI=1S/C17H13BrClNO4/c1-10(21)20-13-5-2-11(3-6-13)16(22)9-24-17(23)14-8-12(18)4-7-15(14)19/h2-8H,9H2,1H3,(H,20,21). The van der Waals surface area contributed by atoms with E-state index in [2.05, 4.69) is 21.2 Å². The number of anilines is 1. The molecule has 2 aromatic carbocycles. The number of Topliss-reactive ketones (excluding diaryl/α,β-unsaturated/α-hetero) is 1. The summed E-state index contributed by atoms with van der Waals surface area (Å²) in [5.41, 5.74) is 1.13. The van der Waals surface area contributed by atoms with E-state index in [4.69, 9.17) is 16.3 Å². The first-order chi connectivity index (χ1) is 11.4. The number of rotatable bonds is 5. The van der Waals surface area contributed by atoms with Gasteiger partial charge in [0.15, 0.2) is 12.4 Å². The molecule has 0 aliphatic rings. The maximum Gasteiger partial charge on any atom is 0.340 e. The fourth-order valence-corrected chi connectivity index (χ4v) is 2.44. The number of carbonyl (C=O) groups is 3. The quantitative estimate of drug-likeness (QED) is 0.595. The Morgan fingerprint density at radius 1 is 1.12 bits per heavy atom. The molecule has 0 spiro atoms. The number of halogens is 2. The van der Waals surface area contributed by atoms with Gasteiger partial charge in [-0.05, 0) is 42.5 Å². The van der Waals surface area contributed by atoms with Crippen molar-refractivity contribution in [3.8, 4) is 0 Å². The zero-order valence-electron chi connectivity index (χ0n) is 12.6. The Bertz CT molecular complexity index is 790. The Kier molecular flexibility index (Phi) is 6.11. The molecule has 0 fully saturated rings. The Labute approximate surface area is 152 Å². The monoisotopic (exact) mass is 409 g/mol. The van der Waals surface area contributed by atoms with Crippen LogP contribution in [0.2, 0.25) is 5.02 Å². The van der Waals surface area contributed by atoms with Crippen molar-refractivity contribution in [3.05, 3.63) is 63.1 Å². The molecule has 124 valence electrons. The van der Waals surface area contributed by atoms with Crippen LogP contribution in [0.1, 0.15) is 27.6 Å². The molecule has 2 rings (SSSR count). The Hall–Kier alpha value is -2.18. The van der Waals surface area contributed by atoms with Crippen molar-refractivity contribution in [1.82, 2.24) is 0 Å². The SMILES string of the molecule is CC(=O)Nc1ccc(C(=O)COC(=O)c2cc(Br)ccc2Cl)cc1. The summed E-state index contributed by atoms with van der Waals surface area (Å²) in [6.45, 7) is 0.993. The van der Waals surface area contributed by atoms with E-state index in [1.54, 1.807) is 36.4 Å². The summed E-state index contributed by atoms with van der Waals surface area (Å²) in [4.78, 5) is 35.0. The van der Waals surface area contributed by atoms with Crippen LogP contribution in [0.4, 0.5) is 5.69 Å². The lowest BCUT2D eigenvalue weighted by Gasteiger charge is -2.07. The molecule has 0 unspecified atom stereocenters. The van der Waals surface area contributed by atoms with Crippen LogP contribution >= 0.6 is 27.5 Å². The van der Waals surface area contributed by atoms with Crippen LogP contribution in [0.25, 0.3) is 0 Å². The highest BCUT2D eigenvalue weighted by Gasteiger charge is 2.15. The van der Waals surface area contributed by atoms with Crippen LogP contribution in [-0.4, -0.2) is 24.3 Å². The van der Waals surface area contributed by atoms with E-state index in [-0.39, 0.29) is 22.3 Å². The van der Waals surface area contributed by atoms with Crippen LogP contribution < -0.4 is 5.32 Å². The van der Waals surface area contributed by atoms with Gasteiger partial charge in [0.05, 0.1) is 10.6 Å². The molecule has 5 nitrogen and oxygen atoms in total. The molecule has 0 aliphatic carbocycles. The van der Waals surface area contributed by atoms with Gasteiger partial charge in [0.1, 0.15) is 0 Å². The van der Waals surface area contributed by atoms with Gasteiger partial charge in [-0.3, -0.25) is 9.59 Å². The largest absolute Gasteiger partial charge is 0.454 e. The van der Waals surface area contributed by atoms with E-state index in [0.717, 1.165) is 0 Å². The number of ether oxygens (including phenoxy) is 1. The first-order valence-electron chi connectivity index (χ1n) is 6.90. The summed E-state index contributed by atoms with van der Waals surface area (Å²) in [7, 11) is 0. The highest BCUT2D eigenvalue weighted by atomic mass is 79.9. The van der Waals surface area contributed by atoms with Crippen LogP contribution in [0, 0.1) is 0 Å². The Balaban J connectivity index is 1.98. The fraction of sp³-hybridized carbons (Fsp3) is 0.118. The van der Waals surface area contributed by atoms with Crippen LogP contribution in [-0.2, 0) is 9.53 Å². The van der Waals surface area contributed by atoms with Gasteiger partial charge >= 0.3 is 5.97 Å². The number of benzene rings is 2. The van der Waals surface area contributed by atoms with Gasteiger partial charge in [-0.25, -0.2) is 4.79 Å². The average Bonchev–Trinajstić information content (AvgIpc) is 2.54. The van der Waals surface area contributed by atoms with Crippen molar-refractivity contribution in [2.75, 3.05) is 11.9 Å². The summed E-state index contributed by atoms with van der Waals surface area (Å²) in [5, 5.41) is 2.85. The highest BCUT2D eigenvalue weighted by Crippen LogP contribution is 2.21. The highest BCUT2D eigenvalue weighted by molar-refractivity contribution is 9.10. The molecule has 0 radical (unpaired) electrons. The molecular formula is C17H13BrClNO4. The third-order valence-corrected chi connectivity index (χ3v) is 3.83. The summed E-state index contributed by atoms with van der Waals surface area (Å²) < 4.78 is 5.69. The van der Waals surface area contributed by atoms with Crippen molar-refractivity contribution >= 4 is 50.9 Å². The van der Waals surface area contributed by atoms with Gasteiger partial charge in [-0.2, -0.15) is 0 Å². The van der Waals surface area contributed by atoms with Crippen molar-refractivity contribution in [2.24, 2.45) is 0 Å². The molecule has 0 aliphatic heterocycles. The predicted molar refractivity (Wildman–Crippen MR) is 94.5 cm³/mol. The molecule has 1 N–H and O–H groups in total. The normalized spacial score (nSPS) is 10.1. The van der Waals surface area contributed by atoms with E-state index in [0.29, 0.717) is 15.7 Å². The molecule has 0 saturated heterocycles. The number of ketones is 1. The van der Waals surface area contributed by atoms with E-state index in [9.17, 15) is 14.4 Å². The minimum atomic E-state index is -0.676. The van der Waals surface area contributed by atoms with E-state index in [1.807, 2.05) is 0 Å². The molecule has 0 bridgehead atoms. The number of nitrogens with one attached hydrogen (secondary N) is 1. The minimum Gasteiger partial charge on any atom is -0.454 e. The van der Waals surface area contributed by atoms with Crippen molar-refractivity contribution in [3.63, 3.8) is 0 Å². The minimum absolute atomic E-state index is 0.180. The van der Waals surface area contributed by atoms with Crippen LogP contribution in [0.3, 0.4) is 0 Å². The fourth-order valence-electron chi connectivity index (χ4n) is 1.89. The molecule has 1 amide bonds. The lowest BCUT2D eigenvalue weighted by molar-refractivity contribution is -0.114. The molecule has 0 heterocycles. The first kappa shape index (κ1) is 18.2. The Morgan fingerprint density at radius 2 is 1.79 bits per heavy atom. The van der Waals surface area contributed by atoms with Crippen molar-refractivity contribution in [2.45, 2.75) is 6.92 Å². The predicted octanol–water partition coefficient (Wildman–Crippen LogP) is 4.10. The maximum absolute atomic E-state index is 12.1. The molecule has 0 aromatic heterocycles. The summed E-state index contributed by atoms with van der Waals surface area (Å²) in [6.07, 6.45) is 0. The van der Waals surface area contributed by atoms with Crippen LogP contribution in [0.5, 0.6) is 0 Å². The number of amides is 1. The average molecular weight is 411 g/mol. The number of carbonyl (C=O) groups excluding carboxylic acids is 3. The van der Waals surface area contributed by atoms with Crippen molar-refractivity contribution in [1.29, 1.82) is 0 Å². The molecule has 0 atom stereocenters. The number of hydrogen-bond donors (Lipinski definition) is 1. The molecule has 7 heteroatoms.